The third-order valence-corrected chi connectivity index (χ3v) is 4.29. The van der Waals surface area contributed by atoms with E-state index >= 15 is 0 Å². The van der Waals surface area contributed by atoms with Crippen LogP contribution in [0.2, 0.25) is 0 Å². The van der Waals surface area contributed by atoms with Gasteiger partial charge in [-0.2, -0.15) is 0 Å². The molecule has 0 bridgehead atoms. The molecule has 4 nitrogen and oxygen atoms in total. The molecule has 5 heteroatoms. The number of pyridine rings is 1. The predicted molar refractivity (Wildman–Crippen MR) is 81.5 cm³/mol. The molecule has 0 saturated carbocycles. The van der Waals surface area contributed by atoms with Crippen molar-refractivity contribution in [3.8, 4) is 0 Å². The Morgan fingerprint density at radius 3 is 2.68 bits per heavy atom. The lowest BCUT2D eigenvalue weighted by atomic mass is 9.95. The number of hydrogen-bond acceptors (Lipinski definition) is 2. The van der Waals surface area contributed by atoms with Gasteiger partial charge in [0.15, 0.2) is 0 Å². The molecule has 1 N–H and O–H groups in total. The van der Waals surface area contributed by atoms with Crippen molar-refractivity contribution in [2.45, 2.75) is 26.8 Å². The number of aromatic nitrogens is 1. The van der Waals surface area contributed by atoms with Crippen molar-refractivity contribution in [1.29, 1.82) is 0 Å². The van der Waals surface area contributed by atoms with Crippen LogP contribution >= 0.6 is 0 Å². The van der Waals surface area contributed by atoms with Crippen LogP contribution in [0.1, 0.15) is 38.3 Å². The first kappa shape index (κ1) is 14.5. The van der Waals surface area contributed by atoms with E-state index in [1.807, 2.05) is 13.0 Å². The number of aryl methyl sites for hydroxylation is 1. The molecular weight excluding hydrogens is 283 g/mol. The van der Waals surface area contributed by atoms with Gasteiger partial charge in [0.2, 0.25) is 0 Å². The topological polar surface area (TPSA) is 51.1 Å². The second kappa shape index (κ2) is 5.09. The Kier molecular flexibility index (Phi) is 3.35. The zero-order chi connectivity index (χ0) is 16.0. The number of carbonyl (C=O) groups is 1. The normalized spacial score (nSPS) is 13.2. The summed E-state index contributed by atoms with van der Waals surface area (Å²) in [7, 11) is 1.66. The van der Waals surface area contributed by atoms with E-state index in [1.165, 1.54) is 10.6 Å². The summed E-state index contributed by atoms with van der Waals surface area (Å²) in [6, 6.07) is 5.00. The van der Waals surface area contributed by atoms with Crippen LogP contribution in [0.5, 0.6) is 0 Å². The standard InChI is InChI=1S/C17H17FN2O2/c1-9-4-5-11(13(18)6-9)7-12-10(2)17(22)20(3)14-8-19-16(21)15(12)14/h4-6H,7-8H2,1-3H3,(H,19,21). The average molecular weight is 300 g/mol. The summed E-state index contributed by atoms with van der Waals surface area (Å²) < 4.78 is 15.6. The molecule has 1 aliphatic rings. The summed E-state index contributed by atoms with van der Waals surface area (Å²) >= 11 is 0. The molecule has 1 aliphatic heterocycles. The van der Waals surface area contributed by atoms with Crippen LogP contribution in [0.25, 0.3) is 0 Å². The number of benzene rings is 1. The van der Waals surface area contributed by atoms with Crippen molar-refractivity contribution in [3.63, 3.8) is 0 Å². The van der Waals surface area contributed by atoms with Gasteiger partial charge >= 0.3 is 0 Å². The van der Waals surface area contributed by atoms with Gasteiger partial charge in [-0.15, -0.1) is 0 Å². The Morgan fingerprint density at radius 1 is 1.27 bits per heavy atom. The zero-order valence-corrected chi connectivity index (χ0v) is 12.8. The first-order chi connectivity index (χ1) is 10.4. The Bertz CT molecular complexity index is 853. The number of carbonyl (C=O) groups excluding carboxylic acids is 1. The molecule has 2 heterocycles. The minimum absolute atomic E-state index is 0.141. The molecule has 0 fully saturated rings. The van der Waals surface area contributed by atoms with Gasteiger partial charge in [0.05, 0.1) is 17.8 Å². The van der Waals surface area contributed by atoms with Gasteiger partial charge < -0.3 is 9.88 Å². The van der Waals surface area contributed by atoms with Crippen LogP contribution in [0.4, 0.5) is 4.39 Å². The van der Waals surface area contributed by atoms with E-state index in [1.54, 1.807) is 20.0 Å². The third-order valence-electron chi connectivity index (χ3n) is 4.29. The SMILES string of the molecule is Cc1ccc(Cc2c3c(n(C)c(=O)c2C)CNC3=O)c(F)c1. The number of fused-ring (bicyclic) bond motifs is 1. The summed E-state index contributed by atoms with van der Waals surface area (Å²) in [5.41, 5.74) is 3.49. The van der Waals surface area contributed by atoms with E-state index in [2.05, 4.69) is 5.32 Å². The first-order valence-electron chi connectivity index (χ1n) is 7.14. The smallest absolute Gasteiger partial charge is 0.253 e. The van der Waals surface area contributed by atoms with Gasteiger partial charge in [0.25, 0.3) is 11.5 Å². The second-order valence-electron chi connectivity index (χ2n) is 5.74. The van der Waals surface area contributed by atoms with E-state index < -0.39 is 0 Å². The Balaban J connectivity index is 2.19. The van der Waals surface area contributed by atoms with Crippen LogP contribution in [-0.2, 0) is 20.0 Å². The first-order valence-corrected chi connectivity index (χ1v) is 7.14. The van der Waals surface area contributed by atoms with Gasteiger partial charge in [0, 0.05) is 19.0 Å². The van der Waals surface area contributed by atoms with Gasteiger partial charge in [-0.25, -0.2) is 4.39 Å². The molecule has 0 atom stereocenters. The minimum Gasteiger partial charge on any atom is -0.346 e. The molecule has 0 unspecified atom stereocenters. The molecule has 114 valence electrons. The van der Waals surface area contributed by atoms with E-state index in [4.69, 9.17) is 0 Å². The highest BCUT2D eigenvalue weighted by Gasteiger charge is 2.28. The van der Waals surface area contributed by atoms with E-state index in [-0.39, 0.29) is 23.7 Å². The number of halogens is 1. The molecule has 0 spiro atoms. The van der Waals surface area contributed by atoms with Gasteiger partial charge in [-0.1, -0.05) is 12.1 Å². The molecule has 0 saturated heterocycles. The van der Waals surface area contributed by atoms with Crippen molar-refractivity contribution in [1.82, 2.24) is 9.88 Å². The molecule has 22 heavy (non-hydrogen) atoms. The maximum absolute atomic E-state index is 14.1. The predicted octanol–water partition coefficient (Wildman–Crippen LogP) is 1.98. The molecular formula is C17H17FN2O2. The fourth-order valence-corrected chi connectivity index (χ4v) is 2.97. The molecule has 0 aliphatic carbocycles. The quantitative estimate of drug-likeness (QED) is 0.922. The summed E-state index contributed by atoms with van der Waals surface area (Å²) in [6.45, 7) is 3.85. The highest BCUT2D eigenvalue weighted by molar-refractivity contribution is 5.99. The number of nitrogens with zero attached hydrogens (tertiary/aromatic N) is 1. The van der Waals surface area contributed by atoms with Crippen molar-refractivity contribution >= 4 is 5.91 Å². The third kappa shape index (κ3) is 2.13. The lowest BCUT2D eigenvalue weighted by Gasteiger charge is -2.14. The molecule has 2 aromatic rings. The monoisotopic (exact) mass is 300 g/mol. The van der Waals surface area contributed by atoms with Crippen LogP contribution in [0, 0.1) is 19.7 Å². The van der Waals surface area contributed by atoms with Crippen LogP contribution < -0.4 is 10.9 Å². The number of hydrogen-bond donors (Lipinski definition) is 1. The summed E-state index contributed by atoms with van der Waals surface area (Å²) in [5.74, 6) is -0.511. The van der Waals surface area contributed by atoms with Crippen molar-refractivity contribution in [2.75, 3.05) is 0 Å². The Hall–Kier alpha value is -2.43. The number of rotatable bonds is 2. The lowest BCUT2D eigenvalue weighted by molar-refractivity contribution is 0.0965. The number of nitrogens with one attached hydrogen (secondary N) is 1. The maximum Gasteiger partial charge on any atom is 0.253 e. The largest absolute Gasteiger partial charge is 0.346 e. The van der Waals surface area contributed by atoms with Crippen molar-refractivity contribution < 1.29 is 9.18 Å². The fraction of sp³-hybridized carbons (Fsp3) is 0.294. The van der Waals surface area contributed by atoms with Gasteiger partial charge in [0.1, 0.15) is 5.82 Å². The lowest BCUT2D eigenvalue weighted by Crippen LogP contribution is -2.26. The molecule has 1 amide bonds. The zero-order valence-electron chi connectivity index (χ0n) is 12.8. The van der Waals surface area contributed by atoms with Gasteiger partial charge in [-0.05, 0) is 36.6 Å². The van der Waals surface area contributed by atoms with Crippen LogP contribution in [0.3, 0.4) is 0 Å². The van der Waals surface area contributed by atoms with Crippen LogP contribution in [-0.4, -0.2) is 10.5 Å². The van der Waals surface area contributed by atoms with Gasteiger partial charge in [-0.3, -0.25) is 9.59 Å². The molecule has 0 radical (unpaired) electrons. The summed E-state index contributed by atoms with van der Waals surface area (Å²) in [6.07, 6.45) is 0.240. The fourth-order valence-electron chi connectivity index (χ4n) is 2.97. The molecule has 1 aromatic heterocycles. The minimum atomic E-state index is -0.313. The van der Waals surface area contributed by atoms with E-state index in [0.717, 1.165) is 5.56 Å². The Labute approximate surface area is 127 Å². The molecule has 3 rings (SSSR count). The summed E-state index contributed by atoms with van der Waals surface area (Å²) in [4.78, 5) is 24.4. The Morgan fingerprint density at radius 2 is 2.00 bits per heavy atom. The highest BCUT2D eigenvalue weighted by atomic mass is 19.1. The summed E-state index contributed by atoms with van der Waals surface area (Å²) in [5, 5.41) is 2.74. The average Bonchev–Trinajstić information content (AvgIpc) is 2.85. The van der Waals surface area contributed by atoms with Crippen molar-refractivity contribution in [3.05, 3.63) is 67.9 Å². The van der Waals surface area contributed by atoms with Crippen molar-refractivity contribution in [2.24, 2.45) is 7.05 Å². The molecule has 1 aromatic carbocycles. The van der Waals surface area contributed by atoms with E-state index in [0.29, 0.717) is 34.5 Å². The second-order valence-corrected chi connectivity index (χ2v) is 5.74. The number of amides is 1. The highest BCUT2D eigenvalue weighted by Crippen LogP contribution is 2.24. The van der Waals surface area contributed by atoms with Crippen LogP contribution in [0.15, 0.2) is 23.0 Å². The van der Waals surface area contributed by atoms with E-state index in [9.17, 15) is 14.0 Å². The maximum atomic E-state index is 14.1.